The Bertz CT molecular complexity index is 619. The molecule has 19 heavy (non-hydrogen) atoms. The number of benzene rings is 1. The summed E-state index contributed by atoms with van der Waals surface area (Å²) in [6.07, 6.45) is 3.00. The lowest BCUT2D eigenvalue weighted by Gasteiger charge is -2.09. The Balaban J connectivity index is 2.37. The maximum atomic E-state index is 11.2. The van der Waals surface area contributed by atoms with Crippen molar-refractivity contribution in [3.8, 4) is 17.4 Å². The molecule has 0 saturated heterocycles. The van der Waals surface area contributed by atoms with Crippen LogP contribution in [0, 0.1) is 3.57 Å². The summed E-state index contributed by atoms with van der Waals surface area (Å²) in [5, 5.41) is 0. The Kier molecular flexibility index (Phi) is 4.15. The number of carbonyl (C=O) groups is 1. The van der Waals surface area contributed by atoms with Gasteiger partial charge in [0.25, 0.3) is 0 Å². The van der Waals surface area contributed by atoms with Crippen LogP contribution in [-0.4, -0.2) is 23.0 Å². The summed E-state index contributed by atoms with van der Waals surface area (Å²) >= 11 is 2.05. The van der Waals surface area contributed by atoms with Crippen LogP contribution in [0.15, 0.2) is 30.7 Å². The molecule has 0 bridgehead atoms. The molecule has 2 aromatic rings. The fraction of sp³-hybridized carbons (Fsp3) is 0.0833. The van der Waals surface area contributed by atoms with Gasteiger partial charge in [0.2, 0.25) is 11.8 Å². The number of methoxy groups -OCH3 is 1. The Morgan fingerprint density at radius 1 is 1.32 bits per heavy atom. The molecule has 0 spiro atoms. The first-order valence-electron chi connectivity index (χ1n) is 5.22. The van der Waals surface area contributed by atoms with E-state index >= 15 is 0 Å². The highest BCUT2D eigenvalue weighted by molar-refractivity contribution is 14.1. The van der Waals surface area contributed by atoms with E-state index in [2.05, 4.69) is 32.6 Å². The van der Waals surface area contributed by atoms with Gasteiger partial charge in [0.05, 0.1) is 10.7 Å². The molecule has 2 rings (SSSR count). The molecular weight excluding hydrogens is 361 g/mol. The zero-order chi connectivity index (χ0) is 13.8. The van der Waals surface area contributed by atoms with Crippen molar-refractivity contribution in [1.29, 1.82) is 0 Å². The molecule has 0 fully saturated rings. The molecule has 0 radical (unpaired) electrons. The molecule has 7 heteroatoms. The fourth-order valence-electron chi connectivity index (χ4n) is 1.38. The minimum Gasteiger partial charge on any atom is -0.497 e. The number of halogens is 1. The molecule has 1 heterocycles. The number of aromatic nitrogens is 2. The third kappa shape index (κ3) is 3.31. The number of primary amides is 1. The van der Waals surface area contributed by atoms with Gasteiger partial charge in [-0.15, -0.1) is 0 Å². The van der Waals surface area contributed by atoms with Crippen molar-refractivity contribution in [3.63, 3.8) is 0 Å². The second-order valence-corrected chi connectivity index (χ2v) is 4.70. The molecule has 0 unspecified atom stereocenters. The van der Waals surface area contributed by atoms with Crippen molar-refractivity contribution in [3.05, 3.63) is 39.9 Å². The van der Waals surface area contributed by atoms with Crippen LogP contribution < -0.4 is 15.2 Å². The van der Waals surface area contributed by atoms with Crippen molar-refractivity contribution in [1.82, 2.24) is 9.97 Å². The number of nitrogens with zero attached hydrogens (tertiary/aromatic N) is 2. The van der Waals surface area contributed by atoms with Crippen LogP contribution in [0.4, 0.5) is 0 Å². The average molecular weight is 371 g/mol. The van der Waals surface area contributed by atoms with Gasteiger partial charge in [-0.1, -0.05) is 0 Å². The molecule has 0 saturated carbocycles. The quantitative estimate of drug-likeness (QED) is 0.831. The van der Waals surface area contributed by atoms with E-state index in [9.17, 15) is 4.79 Å². The Hall–Kier alpha value is -1.90. The van der Waals surface area contributed by atoms with E-state index in [0.29, 0.717) is 22.9 Å². The standard InChI is InChI=1S/C12H10IN3O3/c1-18-8-2-7(11(14)17)3-9(4-8)19-12-10(13)5-15-6-16-12/h2-6H,1H3,(H2,14,17). The van der Waals surface area contributed by atoms with Crippen molar-refractivity contribution in [2.24, 2.45) is 5.73 Å². The lowest BCUT2D eigenvalue weighted by molar-refractivity contribution is 0.0999. The number of amides is 1. The van der Waals surface area contributed by atoms with E-state index in [0.717, 1.165) is 3.57 Å². The van der Waals surface area contributed by atoms with Crippen molar-refractivity contribution in [2.45, 2.75) is 0 Å². The molecule has 6 nitrogen and oxygen atoms in total. The van der Waals surface area contributed by atoms with Gasteiger partial charge in [0.15, 0.2) is 0 Å². The second-order valence-electron chi connectivity index (χ2n) is 3.54. The van der Waals surface area contributed by atoms with Gasteiger partial charge < -0.3 is 15.2 Å². The van der Waals surface area contributed by atoms with E-state index in [1.54, 1.807) is 18.3 Å². The Morgan fingerprint density at radius 3 is 2.68 bits per heavy atom. The van der Waals surface area contributed by atoms with Gasteiger partial charge >= 0.3 is 0 Å². The molecule has 0 aliphatic rings. The Labute approximate surface area is 123 Å². The molecule has 1 aromatic heterocycles. The normalized spacial score (nSPS) is 10.0. The summed E-state index contributed by atoms with van der Waals surface area (Å²) in [5.41, 5.74) is 5.56. The number of rotatable bonds is 4. The van der Waals surface area contributed by atoms with Gasteiger partial charge in [-0.25, -0.2) is 9.97 Å². The summed E-state index contributed by atoms with van der Waals surface area (Å²) in [6, 6.07) is 4.72. The summed E-state index contributed by atoms with van der Waals surface area (Å²) in [6.45, 7) is 0. The number of hydrogen-bond acceptors (Lipinski definition) is 5. The monoisotopic (exact) mass is 371 g/mol. The van der Waals surface area contributed by atoms with Gasteiger partial charge in [0, 0.05) is 17.8 Å². The topological polar surface area (TPSA) is 87.3 Å². The Morgan fingerprint density at radius 2 is 2.05 bits per heavy atom. The number of carbonyl (C=O) groups excluding carboxylic acids is 1. The minimum absolute atomic E-state index is 0.304. The molecule has 1 aromatic carbocycles. The highest BCUT2D eigenvalue weighted by atomic mass is 127. The number of ether oxygens (including phenoxy) is 2. The van der Waals surface area contributed by atoms with Crippen molar-refractivity contribution >= 4 is 28.5 Å². The van der Waals surface area contributed by atoms with Crippen LogP contribution in [0.1, 0.15) is 10.4 Å². The predicted molar refractivity (Wildman–Crippen MR) is 76.3 cm³/mol. The lowest BCUT2D eigenvalue weighted by Crippen LogP contribution is -2.11. The molecule has 0 atom stereocenters. The highest BCUT2D eigenvalue weighted by Crippen LogP contribution is 2.28. The molecular formula is C12H10IN3O3. The van der Waals surface area contributed by atoms with Crippen molar-refractivity contribution in [2.75, 3.05) is 7.11 Å². The SMILES string of the molecule is COc1cc(Oc2ncncc2I)cc(C(N)=O)c1. The first kappa shape index (κ1) is 13.5. The number of nitrogens with two attached hydrogens (primary N) is 1. The average Bonchev–Trinajstić information content (AvgIpc) is 2.41. The van der Waals surface area contributed by atoms with Gasteiger partial charge in [-0.3, -0.25) is 4.79 Å². The lowest BCUT2D eigenvalue weighted by atomic mass is 10.2. The second kappa shape index (κ2) is 5.83. The van der Waals surface area contributed by atoms with Gasteiger partial charge in [-0.2, -0.15) is 0 Å². The molecule has 2 N–H and O–H groups in total. The van der Waals surface area contributed by atoms with Gasteiger partial charge in [-0.05, 0) is 34.7 Å². The first-order valence-corrected chi connectivity index (χ1v) is 6.30. The smallest absolute Gasteiger partial charge is 0.248 e. The molecule has 98 valence electrons. The van der Waals surface area contributed by atoms with E-state index in [1.807, 2.05) is 0 Å². The van der Waals surface area contributed by atoms with Crippen LogP contribution in [0.3, 0.4) is 0 Å². The zero-order valence-electron chi connectivity index (χ0n) is 9.96. The summed E-state index contributed by atoms with van der Waals surface area (Å²) in [5.74, 6) is 0.750. The third-order valence-corrected chi connectivity index (χ3v) is 2.99. The maximum absolute atomic E-state index is 11.2. The summed E-state index contributed by atoms with van der Waals surface area (Å²) < 4.78 is 11.4. The highest BCUT2D eigenvalue weighted by Gasteiger charge is 2.09. The predicted octanol–water partition coefficient (Wildman–Crippen LogP) is 1.98. The van der Waals surface area contributed by atoms with E-state index in [1.165, 1.54) is 19.5 Å². The van der Waals surface area contributed by atoms with E-state index < -0.39 is 5.91 Å². The summed E-state index contributed by atoms with van der Waals surface area (Å²) in [7, 11) is 1.50. The van der Waals surface area contributed by atoms with Crippen LogP contribution in [-0.2, 0) is 0 Å². The van der Waals surface area contributed by atoms with Crippen LogP contribution >= 0.6 is 22.6 Å². The summed E-state index contributed by atoms with van der Waals surface area (Å²) in [4.78, 5) is 19.1. The van der Waals surface area contributed by atoms with Crippen LogP contribution in [0.25, 0.3) is 0 Å². The minimum atomic E-state index is -0.555. The van der Waals surface area contributed by atoms with Crippen LogP contribution in [0.5, 0.6) is 17.4 Å². The number of hydrogen-bond donors (Lipinski definition) is 1. The first-order chi connectivity index (χ1) is 9.10. The molecule has 0 aliphatic heterocycles. The fourth-order valence-corrected chi connectivity index (χ4v) is 1.79. The van der Waals surface area contributed by atoms with Crippen LogP contribution in [0.2, 0.25) is 0 Å². The molecule has 0 aliphatic carbocycles. The van der Waals surface area contributed by atoms with E-state index in [4.69, 9.17) is 15.2 Å². The van der Waals surface area contributed by atoms with E-state index in [-0.39, 0.29) is 0 Å². The molecule has 1 amide bonds. The largest absolute Gasteiger partial charge is 0.497 e. The third-order valence-electron chi connectivity index (χ3n) is 2.25. The van der Waals surface area contributed by atoms with Gasteiger partial charge in [0.1, 0.15) is 17.8 Å². The zero-order valence-corrected chi connectivity index (χ0v) is 12.1. The maximum Gasteiger partial charge on any atom is 0.248 e. The van der Waals surface area contributed by atoms with Crippen molar-refractivity contribution < 1.29 is 14.3 Å².